The number of guanidine groups is 1. The first-order valence-electron chi connectivity index (χ1n) is 7.85. The predicted molar refractivity (Wildman–Crippen MR) is 109 cm³/mol. The van der Waals surface area contributed by atoms with E-state index in [2.05, 4.69) is 29.1 Å². The van der Waals surface area contributed by atoms with Gasteiger partial charge in [0.15, 0.2) is 5.96 Å². The molecule has 0 fully saturated rings. The van der Waals surface area contributed by atoms with Gasteiger partial charge in [-0.05, 0) is 43.2 Å². The lowest BCUT2D eigenvalue weighted by molar-refractivity contribution is 0.301. The predicted octanol–water partition coefficient (Wildman–Crippen LogP) is 3.48. The third-order valence-electron chi connectivity index (χ3n) is 3.47. The van der Waals surface area contributed by atoms with E-state index in [0.29, 0.717) is 25.2 Å². The summed E-state index contributed by atoms with van der Waals surface area (Å²) in [6.07, 6.45) is 2.77. The molecule has 0 bridgehead atoms. The van der Waals surface area contributed by atoms with Crippen LogP contribution in [0, 0.1) is 0 Å². The second-order valence-corrected chi connectivity index (χ2v) is 5.41. The highest BCUT2D eigenvalue weighted by Gasteiger charge is 2.00. The van der Waals surface area contributed by atoms with Crippen molar-refractivity contribution < 1.29 is 4.74 Å². The van der Waals surface area contributed by atoms with Gasteiger partial charge in [0.1, 0.15) is 12.4 Å². The second-order valence-electron chi connectivity index (χ2n) is 5.41. The van der Waals surface area contributed by atoms with Crippen molar-refractivity contribution in [3.63, 3.8) is 0 Å². The highest BCUT2D eigenvalue weighted by Crippen LogP contribution is 2.14. The maximum atomic E-state index is 5.85. The van der Waals surface area contributed by atoms with Gasteiger partial charge in [-0.1, -0.05) is 25.1 Å². The van der Waals surface area contributed by atoms with Crippen molar-refractivity contribution in [2.24, 2.45) is 10.7 Å². The molecule has 1 heterocycles. The van der Waals surface area contributed by atoms with Crippen LogP contribution in [0.15, 0.2) is 53.7 Å². The van der Waals surface area contributed by atoms with Gasteiger partial charge in [0.2, 0.25) is 0 Å². The number of rotatable bonds is 7. The molecule has 1 aromatic heterocycles. The molecule has 24 heavy (non-hydrogen) atoms. The summed E-state index contributed by atoms with van der Waals surface area (Å²) in [5.41, 5.74) is 7.84. The third-order valence-corrected chi connectivity index (χ3v) is 3.47. The number of hydrogen-bond donors (Lipinski definition) is 2. The van der Waals surface area contributed by atoms with E-state index >= 15 is 0 Å². The van der Waals surface area contributed by atoms with E-state index in [-0.39, 0.29) is 24.0 Å². The number of ether oxygens (including phenoxy) is 1. The Kier molecular flexibility index (Phi) is 9.14. The largest absolute Gasteiger partial charge is 0.487 e. The number of halogens is 1. The van der Waals surface area contributed by atoms with E-state index in [4.69, 9.17) is 10.5 Å². The molecule has 1 atom stereocenters. The minimum Gasteiger partial charge on any atom is -0.487 e. The van der Waals surface area contributed by atoms with Crippen molar-refractivity contribution in [1.82, 2.24) is 10.3 Å². The molecule has 0 spiro atoms. The highest BCUT2D eigenvalue weighted by atomic mass is 127. The van der Waals surface area contributed by atoms with Gasteiger partial charge >= 0.3 is 0 Å². The second kappa shape index (κ2) is 10.9. The lowest BCUT2D eigenvalue weighted by Crippen LogP contribution is -2.38. The van der Waals surface area contributed by atoms with E-state index in [1.807, 2.05) is 42.5 Å². The maximum Gasteiger partial charge on any atom is 0.189 e. The van der Waals surface area contributed by atoms with Crippen molar-refractivity contribution in [3.05, 3.63) is 59.9 Å². The summed E-state index contributed by atoms with van der Waals surface area (Å²) in [4.78, 5) is 8.57. The van der Waals surface area contributed by atoms with E-state index in [1.165, 1.54) is 0 Å². The van der Waals surface area contributed by atoms with Gasteiger partial charge in [0.25, 0.3) is 0 Å². The van der Waals surface area contributed by atoms with Crippen molar-refractivity contribution in [3.8, 4) is 5.75 Å². The van der Waals surface area contributed by atoms with Crippen LogP contribution in [0.4, 0.5) is 0 Å². The molecule has 0 amide bonds. The topological polar surface area (TPSA) is 72.5 Å². The van der Waals surface area contributed by atoms with Crippen LogP contribution in [0.25, 0.3) is 0 Å². The summed E-state index contributed by atoms with van der Waals surface area (Å²) in [6.45, 7) is 5.20. The van der Waals surface area contributed by atoms with E-state index in [9.17, 15) is 0 Å². The third kappa shape index (κ3) is 7.16. The zero-order chi connectivity index (χ0) is 16.5. The lowest BCUT2D eigenvalue weighted by Gasteiger charge is -2.11. The number of aliphatic imine (C=N–C) groups is 1. The number of aromatic nitrogens is 1. The number of hydrogen-bond acceptors (Lipinski definition) is 3. The molecule has 6 heteroatoms. The fourth-order valence-corrected chi connectivity index (χ4v) is 1.91. The Bertz CT molecular complexity index is 617. The van der Waals surface area contributed by atoms with Gasteiger partial charge in [-0.15, -0.1) is 24.0 Å². The van der Waals surface area contributed by atoms with Gasteiger partial charge in [-0.25, -0.2) is 4.99 Å². The molecule has 130 valence electrons. The van der Waals surface area contributed by atoms with Crippen LogP contribution in [-0.2, 0) is 13.2 Å². The molecule has 0 aliphatic heterocycles. The van der Waals surface area contributed by atoms with Crippen LogP contribution in [-0.4, -0.2) is 17.0 Å². The Balaban J connectivity index is 0.00000288. The number of nitrogens with one attached hydrogen (secondary N) is 1. The van der Waals surface area contributed by atoms with Crippen LogP contribution in [0.5, 0.6) is 5.75 Å². The van der Waals surface area contributed by atoms with Gasteiger partial charge in [0, 0.05) is 12.2 Å². The summed E-state index contributed by atoms with van der Waals surface area (Å²) in [7, 11) is 0. The Morgan fingerprint density at radius 3 is 2.62 bits per heavy atom. The summed E-state index contributed by atoms with van der Waals surface area (Å²) in [5.74, 6) is 1.30. The van der Waals surface area contributed by atoms with Crippen LogP contribution in [0.3, 0.4) is 0 Å². The summed E-state index contributed by atoms with van der Waals surface area (Å²) >= 11 is 0. The Hall–Kier alpha value is -1.83. The standard InChI is InChI=1S/C18H24N4O.HI/c1-3-14(2)22-18(19)21-12-15-7-9-17(10-8-15)23-13-16-6-4-5-11-20-16;/h4-11,14H,3,12-13H2,1-2H3,(H3,19,21,22);1H. The first-order chi connectivity index (χ1) is 11.2. The Morgan fingerprint density at radius 1 is 1.25 bits per heavy atom. The molecule has 0 aliphatic carbocycles. The van der Waals surface area contributed by atoms with Crippen molar-refractivity contribution in [2.45, 2.75) is 39.5 Å². The molecule has 1 aromatic carbocycles. The first kappa shape index (κ1) is 20.2. The van der Waals surface area contributed by atoms with Crippen LogP contribution in [0.1, 0.15) is 31.5 Å². The molecule has 3 N–H and O–H groups in total. The smallest absolute Gasteiger partial charge is 0.189 e. The molecule has 1 unspecified atom stereocenters. The minimum atomic E-state index is 0. The van der Waals surface area contributed by atoms with Gasteiger partial charge in [0.05, 0.1) is 12.2 Å². The van der Waals surface area contributed by atoms with Crippen molar-refractivity contribution in [2.75, 3.05) is 0 Å². The number of nitrogens with two attached hydrogens (primary N) is 1. The average molecular weight is 440 g/mol. The zero-order valence-electron chi connectivity index (χ0n) is 14.1. The first-order valence-corrected chi connectivity index (χ1v) is 7.85. The van der Waals surface area contributed by atoms with Gasteiger partial charge in [-0.3, -0.25) is 4.98 Å². The lowest BCUT2D eigenvalue weighted by atomic mass is 10.2. The van der Waals surface area contributed by atoms with E-state index in [0.717, 1.165) is 23.4 Å². The number of pyridine rings is 1. The summed E-state index contributed by atoms with van der Waals surface area (Å²) in [6, 6.07) is 14.0. The maximum absolute atomic E-state index is 5.85. The molecule has 0 aliphatic rings. The SMILES string of the molecule is CCC(C)NC(N)=NCc1ccc(OCc2ccccn2)cc1.I. The van der Waals surface area contributed by atoms with Crippen LogP contribution >= 0.6 is 24.0 Å². The molecule has 2 aromatic rings. The van der Waals surface area contributed by atoms with Gasteiger partial charge in [-0.2, -0.15) is 0 Å². The van der Waals surface area contributed by atoms with Crippen molar-refractivity contribution in [1.29, 1.82) is 0 Å². The molecule has 0 saturated carbocycles. The normalized spacial score (nSPS) is 12.2. The quantitative estimate of drug-likeness (QED) is 0.393. The summed E-state index contributed by atoms with van der Waals surface area (Å²) < 4.78 is 5.70. The molecular formula is C18H25IN4O. The van der Waals surface area contributed by atoms with Crippen LogP contribution < -0.4 is 15.8 Å². The monoisotopic (exact) mass is 440 g/mol. The number of benzene rings is 1. The fraction of sp³-hybridized carbons (Fsp3) is 0.333. The molecule has 2 rings (SSSR count). The Morgan fingerprint density at radius 2 is 2.00 bits per heavy atom. The fourth-order valence-electron chi connectivity index (χ4n) is 1.91. The van der Waals surface area contributed by atoms with Gasteiger partial charge < -0.3 is 15.8 Å². The van der Waals surface area contributed by atoms with E-state index < -0.39 is 0 Å². The average Bonchev–Trinajstić information content (AvgIpc) is 2.60. The minimum absolute atomic E-state index is 0. The molecule has 0 saturated heterocycles. The van der Waals surface area contributed by atoms with Crippen LogP contribution in [0.2, 0.25) is 0 Å². The summed E-state index contributed by atoms with van der Waals surface area (Å²) in [5, 5.41) is 3.15. The Labute approximate surface area is 160 Å². The highest BCUT2D eigenvalue weighted by molar-refractivity contribution is 14.0. The number of nitrogens with zero attached hydrogens (tertiary/aromatic N) is 2. The zero-order valence-corrected chi connectivity index (χ0v) is 16.4. The molecule has 0 radical (unpaired) electrons. The molecular weight excluding hydrogens is 415 g/mol. The molecule has 5 nitrogen and oxygen atoms in total. The van der Waals surface area contributed by atoms with E-state index in [1.54, 1.807) is 6.20 Å². The van der Waals surface area contributed by atoms with Crippen molar-refractivity contribution >= 4 is 29.9 Å².